The third-order valence-electron chi connectivity index (χ3n) is 3.82. The van der Waals surface area contributed by atoms with Gasteiger partial charge in [0, 0.05) is 26.2 Å². The fourth-order valence-electron chi connectivity index (χ4n) is 2.48. The van der Waals surface area contributed by atoms with Crippen molar-refractivity contribution in [3.63, 3.8) is 0 Å². The van der Waals surface area contributed by atoms with Crippen molar-refractivity contribution in [2.75, 3.05) is 32.8 Å². The number of ether oxygens (including phenoxy) is 1. The molecule has 1 saturated heterocycles. The minimum Gasteiger partial charge on any atom is -0.493 e. The van der Waals surface area contributed by atoms with Crippen molar-refractivity contribution in [3.8, 4) is 5.75 Å². The van der Waals surface area contributed by atoms with E-state index in [0.717, 1.165) is 11.3 Å². The van der Waals surface area contributed by atoms with E-state index >= 15 is 0 Å². The molecule has 1 aliphatic rings. The summed E-state index contributed by atoms with van der Waals surface area (Å²) in [6.07, 6.45) is 0.269. The number of carbonyl (C=O) groups is 3. The van der Waals surface area contributed by atoms with E-state index in [2.05, 4.69) is 0 Å². The maximum absolute atomic E-state index is 12.2. The Morgan fingerprint density at radius 3 is 2.46 bits per heavy atom. The first-order valence-electron chi connectivity index (χ1n) is 7.78. The van der Waals surface area contributed by atoms with E-state index in [1.807, 2.05) is 36.6 Å². The number of amides is 3. The van der Waals surface area contributed by atoms with Crippen LogP contribution in [-0.4, -0.2) is 60.3 Å². The summed E-state index contributed by atoms with van der Waals surface area (Å²) in [5, 5.41) is 0. The highest BCUT2D eigenvalue weighted by Crippen LogP contribution is 2.13. The molecule has 0 aromatic heterocycles. The summed E-state index contributed by atoms with van der Waals surface area (Å²) in [5.41, 5.74) is 2.91. The largest absolute Gasteiger partial charge is 0.493 e. The van der Waals surface area contributed by atoms with Gasteiger partial charge in [0.05, 0.1) is 13.0 Å². The summed E-state index contributed by atoms with van der Waals surface area (Å²) in [7, 11) is 0. The monoisotopic (exact) mass is 334 g/mol. The highest BCUT2D eigenvalue weighted by atomic mass is 16.5. The fraction of sp³-hybridized carbons (Fsp3) is 0.438. The number of nitrogens with one attached hydrogen (secondary N) is 1. The van der Waals surface area contributed by atoms with Crippen LogP contribution in [0.25, 0.3) is 0 Å². The summed E-state index contributed by atoms with van der Waals surface area (Å²) in [4.78, 5) is 38.1. The second kappa shape index (κ2) is 8.30. The van der Waals surface area contributed by atoms with Gasteiger partial charge >= 0.3 is 11.8 Å². The maximum atomic E-state index is 12.2. The second-order valence-corrected chi connectivity index (χ2v) is 5.56. The lowest BCUT2D eigenvalue weighted by molar-refractivity contribution is -0.148. The van der Waals surface area contributed by atoms with Gasteiger partial charge in [-0.25, -0.2) is 5.84 Å². The average molecular weight is 334 g/mol. The van der Waals surface area contributed by atoms with Gasteiger partial charge in [-0.3, -0.25) is 19.8 Å². The molecule has 3 amide bonds. The molecule has 0 aliphatic carbocycles. The fourth-order valence-corrected chi connectivity index (χ4v) is 2.48. The van der Waals surface area contributed by atoms with Gasteiger partial charge in [-0.1, -0.05) is 12.1 Å². The van der Waals surface area contributed by atoms with Crippen molar-refractivity contribution in [1.29, 1.82) is 0 Å². The van der Waals surface area contributed by atoms with Crippen LogP contribution in [-0.2, 0) is 14.4 Å². The zero-order chi connectivity index (χ0) is 17.5. The molecule has 0 atom stereocenters. The number of nitrogens with two attached hydrogens (primary N) is 1. The van der Waals surface area contributed by atoms with Crippen molar-refractivity contribution in [2.45, 2.75) is 13.3 Å². The van der Waals surface area contributed by atoms with Crippen LogP contribution in [0.15, 0.2) is 24.3 Å². The molecule has 1 aromatic rings. The van der Waals surface area contributed by atoms with Crippen molar-refractivity contribution >= 4 is 17.7 Å². The lowest BCUT2D eigenvalue weighted by Gasteiger charge is -2.34. The summed E-state index contributed by atoms with van der Waals surface area (Å²) >= 11 is 0. The average Bonchev–Trinajstić information content (AvgIpc) is 2.60. The number of carbonyl (C=O) groups excluding carboxylic acids is 3. The van der Waals surface area contributed by atoms with Gasteiger partial charge in [-0.15, -0.1) is 0 Å². The summed E-state index contributed by atoms with van der Waals surface area (Å²) in [5.74, 6) is 4.13. The minimum absolute atomic E-state index is 0.0296. The Morgan fingerprint density at radius 1 is 1.17 bits per heavy atom. The van der Waals surface area contributed by atoms with E-state index in [1.165, 1.54) is 4.90 Å². The normalized spacial score (nSPS) is 14.2. The maximum Gasteiger partial charge on any atom is 0.323 e. The summed E-state index contributed by atoms with van der Waals surface area (Å²) < 4.78 is 5.57. The smallest absolute Gasteiger partial charge is 0.323 e. The second-order valence-electron chi connectivity index (χ2n) is 5.56. The molecule has 0 radical (unpaired) electrons. The predicted molar refractivity (Wildman–Crippen MR) is 86.8 cm³/mol. The molecule has 3 N–H and O–H groups in total. The van der Waals surface area contributed by atoms with Gasteiger partial charge < -0.3 is 14.5 Å². The topological polar surface area (TPSA) is 105 Å². The minimum atomic E-state index is -0.846. The van der Waals surface area contributed by atoms with Crippen LogP contribution in [0.1, 0.15) is 12.0 Å². The molecular formula is C16H22N4O4. The lowest BCUT2D eigenvalue weighted by atomic mass is 10.2. The quantitative estimate of drug-likeness (QED) is 0.332. The molecule has 130 valence electrons. The van der Waals surface area contributed by atoms with Gasteiger partial charge in [0.1, 0.15) is 5.75 Å². The van der Waals surface area contributed by atoms with Crippen molar-refractivity contribution in [1.82, 2.24) is 15.2 Å². The molecule has 0 bridgehead atoms. The molecule has 0 unspecified atom stereocenters. The number of rotatable bonds is 4. The molecule has 1 aromatic carbocycles. The molecule has 24 heavy (non-hydrogen) atoms. The summed E-state index contributed by atoms with van der Waals surface area (Å²) in [6.45, 7) is 3.70. The van der Waals surface area contributed by atoms with E-state index in [0.29, 0.717) is 32.8 Å². The Balaban J connectivity index is 1.73. The third kappa shape index (κ3) is 4.69. The van der Waals surface area contributed by atoms with Crippen LogP contribution in [0.2, 0.25) is 0 Å². The molecule has 8 nitrogen and oxygen atoms in total. The number of hydrogen-bond acceptors (Lipinski definition) is 5. The van der Waals surface area contributed by atoms with Crippen molar-refractivity contribution in [3.05, 3.63) is 29.8 Å². The van der Waals surface area contributed by atoms with Gasteiger partial charge in [0.25, 0.3) is 0 Å². The van der Waals surface area contributed by atoms with E-state index in [1.54, 1.807) is 4.90 Å². The van der Waals surface area contributed by atoms with Crippen molar-refractivity contribution < 1.29 is 19.1 Å². The Kier molecular flexibility index (Phi) is 6.14. The van der Waals surface area contributed by atoms with Gasteiger partial charge in [0.2, 0.25) is 5.91 Å². The number of piperazine rings is 1. The first-order chi connectivity index (χ1) is 11.5. The van der Waals surface area contributed by atoms with E-state index in [4.69, 9.17) is 10.6 Å². The Bertz CT molecular complexity index is 612. The van der Waals surface area contributed by atoms with Crippen LogP contribution in [0, 0.1) is 6.92 Å². The molecular weight excluding hydrogens is 312 g/mol. The van der Waals surface area contributed by atoms with Crippen LogP contribution >= 0.6 is 0 Å². The molecule has 1 fully saturated rings. The summed E-state index contributed by atoms with van der Waals surface area (Å²) in [6, 6.07) is 7.64. The Hall–Kier alpha value is -2.61. The zero-order valence-electron chi connectivity index (χ0n) is 13.7. The number of benzene rings is 1. The first kappa shape index (κ1) is 17.7. The molecule has 2 rings (SSSR count). The van der Waals surface area contributed by atoms with Crippen LogP contribution in [0.5, 0.6) is 5.75 Å². The van der Waals surface area contributed by atoms with Gasteiger partial charge in [0.15, 0.2) is 0 Å². The molecule has 0 spiro atoms. The first-order valence-corrected chi connectivity index (χ1v) is 7.78. The van der Waals surface area contributed by atoms with Crippen LogP contribution < -0.4 is 16.0 Å². The van der Waals surface area contributed by atoms with Gasteiger partial charge in [-0.05, 0) is 24.6 Å². The number of nitrogens with zero attached hydrogens (tertiary/aromatic N) is 2. The molecule has 8 heteroatoms. The number of aryl methyl sites for hydroxylation is 1. The SMILES string of the molecule is Cc1cccc(OCCC(=O)N2CCN(C(=O)C(=O)NN)CC2)c1. The number of hydrogen-bond donors (Lipinski definition) is 2. The Morgan fingerprint density at radius 2 is 1.83 bits per heavy atom. The highest BCUT2D eigenvalue weighted by molar-refractivity contribution is 6.34. The molecule has 0 saturated carbocycles. The zero-order valence-corrected chi connectivity index (χ0v) is 13.7. The van der Waals surface area contributed by atoms with Crippen LogP contribution in [0.4, 0.5) is 0 Å². The Labute approximate surface area is 140 Å². The lowest BCUT2D eigenvalue weighted by Crippen LogP contribution is -2.54. The van der Waals surface area contributed by atoms with E-state index in [-0.39, 0.29) is 12.3 Å². The standard InChI is InChI=1S/C16H22N4O4/c1-12-3-2-4-13(11-12)24-10-5-14(21)19-6-8-20(9-7-19)16(23)15(22)18-17/h2-4,11H,5-10,17H2,1H3,(H,18,22). The van der Waals surface area contributed by atoms with Gasteiger partial charge in [-0.2, -0.15) is 0 Å². The number of hydrazine groups is 1. The predicted octanol–water partition coefficient (Wildman–Crippen LogP) is -0.575. The van der Waals surface area contributed by atoms with Crippen LogP contribution in [0.3, 0.4) is 0 Å². The van der Waals surface area contributed by atoms with Crippen molar-refractivity contribution in [2.24, 2.45) is 5.84 Å². The van der Waals surface area contributed by atoms with E-state index < -0.39 is 11.8 Å². The third-order valence-corrected chi connectivity index (χ3v) is 3.82. The highest BCUT2D eigenvalue weighted by Gasteiger charge is 2.27. The van der Waals surface area contributed by atoms with E-state index in [9.17, 15) is 14.4 Å². The molecule has 1 heterocycles. The molecule has 1 aliphatic heterocycles.